The molecule has 1 aliphatic heterocycles. The van der Waals surface area contributed by atoms with Crippen LogP contribution < -0.4 is 4.90 Å². The molecule has 7 nitrogen and oxygen atoms in total. The average molecular weight is 321 g/mol. The fourth-order valence-corrected chi connectivity index (χ4v) is 2.90. The van der Waals surface area contributed by atoms with Gasteiger partial charge in [-0.25, -0.2) is 0 Å². The summed E-state index contributed by atoms with van der Waals surface area (Å²) in [5.41, 5.74) is 0.702. The molecule has 0 radical (unpaired) electrons. The number of hydrogen-bond donors (Lipinski definition) is 1. The maximum absolute atomic E-state index is 12.6. The fraction of sp³-hybridized carbons (Fsp3) is 0.562. The predicted molar refractivity (Wildman–Crippen MR) is 87.8 cm³/mol. The summed E-state index contributed by atoms with van der Waals surface area (Å²) in [6.45, 7) is 4.46. The molecule has 0 bridgehead atoms. The smallest absolute Gasteiger partial charge is 0.282 e. The third-order valence-electron chi connectivity index (χ3n) is 4.03. The molecular formula is C16H23N3O4. The van der Waals surface area contributed by atoms with Crippen LogP contribution in [0.3, 0.4) is 0 Å². The molecule has 0 aromatic heterocycles. The van der Waals surface area contributed by atoms with Crippen LogP contribution in [0.2, 0.25) is 0 Å². The van der Waals surface area contributed by atoms with Crippen LogP contribution in [-0.2, 0) is 0 Å². The van der Waals surface area contributed by atoms with Gasteiger partial charge in [-0.05, 0) is 31.4 Å². The normalized spacial score (nSPS) is 14.1. The first-order chi connectivity index (χ1) is 11.1. The lowest BCUT2D eigenvalue weighted by Gasteiger charge is -2.24. The highest BCUT2D eigenvalue weighted by Gasteiger charge is 2.27. The molecule has 1 saturated heterocycles. The molecule has 2 rings (SSSR count). The Labute approximate surface area is 135 Å². The Morgan fingerprint density at radius 1 is 1.35 bits per heavy atom. The number of carbonyl (C=O) groups excluding carboxylic acids is 1. The van der Waals surface area contributed by atoms with E-state index in [-0.39, 0.29) is 23.8 Å². The standard InChI is InChI=1S/C16H23N3O4/c1-2-7-17(10-11-20)13-5-6-15(19(22)23)14(12-13)16(21)18-8-3-4-9-18/h5-6,12,20H,2-4,7-11H2,1H3. The summed E-state index contributed by atoms with van der Waals surface area (Å²) in [4.78, 5) is 27.0. The number of carbonyl (C=O) groups is 1. The van der Waals surface area contributed by atoms with Gasteiger partial charge in [-0.2, -0.15) is 0 Å². The largest absolute Gasteiger partial charge is 0.395 e. The van der Waals surface area contributed by atoms with Gasteiger partial charge in [-0.3, -0.25) is 14.9 Å². The quantitative estimate of drug-likeness (QED) is 0.613. The summed E-state index contributed by atoms with van der Waals surface area (Å²) >= 11 is 0. The molecule has 1 N–H and O–H groups in total. The summed E-state index contributed by atoms with van der Waals surface area (Å²) in [7, 11) is 0. The molecule has 126 valence electrons. The summed E-state index contributed by atoms with van der Waals surface area (Å²) in [5, 5.41) is 20.4. The number of rotatable bonds is 7. The fourth-order valence-electron chi connectivity index (χ4n) is 2.90. The summed E-state index contributed by atoms with van der Waals surface area (Å²) in [5.74, 6) is -0.281. The van der Waals surface area contributed by atoms with Crippen LogP contribution in [0.5, 0.6) is 0 Å². The number of aliphatic hydroxyl groups is 1. The van der Waals surface area contributed by atoms with Gasteiger partial charge < -0.3 is 14.9 Å². The number of nitrogens with zero attached hydrogens (tertiary/aromatic N) is 3. The molecule has 1 aromatic carbocycles. The van der Waals surface area contributed by atoms with Gasteiger partial charge in [0.25, 0.3) is 11.6 Å². The second kappa shape index (κ2) is 7.92. The van der Waals surface area contributed by atoms with Crippen molar-refractivity contribution >= 4 is 17.3 Å². The minimum absolute atomic E-state index is 0.00755. The van der Waals surface area contributed by atoms with Crippen molar-refractivity contribution in [3.63, 3.8) is 0 Å². The molecule has 1 aliphatic rings. The number of amides is 1. The first kappa shape index (κ1) is 17.2. The second-order valence-corrected chi connectivity index (χ2v) is 5.67. The maximum atomic E-state index is 12.6. The molecule has 0 atom stereocenters. The predicted octanol–water partition coefficient (Wildman–Crippen LogP) is 2.04. The van der Waals surface area contributed by atoms with E-state index in [1.807, 2.05) is 11.8 Å². The van der Waals surface area contributed by atoms with Crippen molar-refractivity contribution in [3.8, 4) is 0 Å². The number of anilines is 1. The van der Waals surface area contributed by atoms with E-state index in [0.29, 0.717) is 19.6 Å². The molecule has 0 unspecified atom stereocenters. The number of nitro groups is 1. The zero-order valence-electron chi connectivity index (χ0n) is 13.4. The molecule has 0 aliphatic carbocycles. The van der Waals surface area contributed by atoms with Crippen LogP contribution in [0.25, 0.3) is 0 Å². The Balaban J connectivity index is 2.37. The summed E-state index contributed by atoms with van der Waals surface area (Å²) < 4.78 is 0. The Hall–Kier alpha value is -2.15. The lowest BCUT2D eigenvalue weighted by atomic mass is 10.1. The Morgan fingerprint density at radius 3 is 2.61 bits per heavy atom. The van der Waals surface area contributed by atoms with E-state index in [2.05, 4.69) is 0 Å². The van der Waals surface area contributed by atoms with Gasteiger partial charge in [-0.1, -0.05) is 6.92 Å². The summed E-state index contributed by atoms with van der Waals surface area (Å²) in [6.07, 6.45) is 2.75. The van der Waals surface area contributed by atoms with Crippen molar-refractivity contribution in [3.05, 3.63) is 33.9 Å². The van der Waals surface area contributed by atoms with Gasteiger partial charge in [0.1, 0.15) is 5.56 Å². The monoisotopic (exact) mass is 321 g/mol. The number of hydrogen-bond acceptors (Lipinski definition) is 5. The third-order valence-corrected chi connectivity index (χ3v) is 4.03. The molecule has 0 spiro atoms. The zero-order chi connectivity index (χ0) is 16.8. The van der Waals surface area contributed by atoms with Crippen molar-refractivity contribution in [2.45, 2.75) is 26.2 Å². The van der Waals surface area contributed by atoms with E-state index in [0.717, 1.165) is 31.5 Å². The molecule has 7 heteroatoms. The first-order valence-electron chi connectivity index (χ1n) is 8.02. The number of nitro benzene ring substituents is 1. The first-order valence-corrected chi connectivity index (χ1v) is 8.02. The van der Waals surface area contributed by atoms with Gasteiger partial charge in [0.2, 0.25) is 0 Å². The lowest BCUT2D eigenvalue weighted by molar-refractivity contribution is -0.385. The molecule has 1 amide bonds. The second-order valence-electron chi connectivity index (χ2n) is 5.67. The topological polar surface area (TPSA) is 86.9 Å². The van der Waals surface area contributed by atoms with Crippen LogP contribution in [-0.4, -0.2) is 53.6 Å². The molecule has 0 saturated carbocycles. The minimum Gasteiger partial charge on any atom is -0.395 e. The highest BCUT2D eigenvalue weighted by molar-refractivity contribution is 5.99. The van der Waals surface area contributed by atoms with Gasteiger partial charge >= 0.3 is 0 Å². The zero-order valence-corrected chi connectivity index (χ0v) is 13.4. The number of likely N-dealkylation sites (tertiary alicyclic amines) is 1. The van der Waals surface area contributed by atoms with Crippen LogP contribution in [0.15, 0.2) is 18.2 Å². The van der Waals surface area contributed by atoms with Gasteiger partial charge in [0.05, 0.1) is 11.5 Å². The Bertz CT molecular complexity index is 564. The highest BCUT2D eigenvalue weighted by atomic mass is 16.6. The minimum atomic E-state index is -0.511. The molecule has 1 heterocycles. The lowest BCUT2D eigenvalue weighted by Crippen LogP contribution is -2.30. The van der Waals surface area contributed by atoms with E-state index < -0.39 is 4.92 Å². The molecule has 23 heavy (non-hydrogen) atoms. The summed E-state index contributed by atoms with van der Waals surface area (Å²) in [6, 6.07) is 4.62. The maximum Gasteiger partial charge on any atom is 0.282 e. The SMILES string of the molecule is CCCN(CCO)c1ccc([N+](=O)[O-])c(C(=O)N2CCCC2)c1. The molecule has 1 fully saturated rings. The molecular weight excluding hydrogens is 298 g/mol. The van der Waals surface area contributed by atoms with Crippen molar-refractivity contribution < 1.29 is 14.8 Å². The van der Waals surface area contributed by atoms with Crippen molar-refractivity contribution in [2.24, 2.45) is 0 Å². The number of aliphatic hydroxyl groups excluding tert-OH is 1. The van der Waals surface area contributed by atoms with Gasteiger partial charge in [0.15, 0.2) is 0 Å². The van der Waals surface area contributed by atoms with Crippen LogP contribution in [0.4, 0.5) is 11.4 Å². The van der Waals surface area contributed by atoms with Crippen LogP contribution in [0.1, 0.15) is 36.5 Å². The highest BCUT2D eigenvalue weighted by Crippen LogP contribution is 2.27. The third kappa shape index (κ3) is 3.98. The Morgan fingerprint density at radius 2 is 2.04 bits per heavy atom. The van der Waals surface area contributed by atoms with Crippen molar-refractivity contribution in [1.29, 1.82) is 0 Å². The number of benzene rings is 1. The van der Waals surface area contributed by atoms with E-state index in [1.165, 1.54) is 6.07 Å². The van der Waals surface area contributed by atoms with Crippen molar-refractivity contribution in [2.75, 3.05) is 37.7 Å². The van der Waals surface area contributed by atoms with Crippen LogP contribution >= 0.6 is 0 Å². The van der Waals surface area contributed by atoms with Crippen molar-refractivity contribution in [1.82, 2.24) is 4.90 Å². The Kier molecular flexibility index (Phi) is 5.92. The van der Waals surface area contributed by atoms with E-state index in [4.69, 9.17) is 0 Å². The van der Waals surface area contributed by atoms with Gasteiger partial charge in [0, 0.05) is 37.9 Å². The molecule has 1 aromatic rings. The average Bonchev–Trinajstić information content (AvgIpc) is 3.07. The van der Waals surface area contributed by atoms with E-state index in [1.54, 1.807) is 17.0 Å². The van der Waals surface area contributed by atoms with Gasteiger partial charge in [-0.15, -0.1) is 0 Å². The van der Waals surface area contributed by atoms with Crippen LogP contribution in [0, 0.1) is 10.1 Å². The van der Waals surface area contributed by atoms with E-state index >= 15 is 0 Å². The van der Waals surface area contributed by atoms with E-state index in [9.17, 15) is 20.0 Å².